The molecule has 116 valence electrons. The zero-order chi connectivity index (χ0) is 14.4. The molecule has 0 saturated carbocycles. The first-order chi connectivity index (χ1) is 9.74. The molecule has 2 aliphatic heterocycles. The summed E-state index contributed by atoms with van der Waals surface area (Å²) in [7, 11) is 1.77. The average molecular weight is 282 g/mol. The molecule has 0 aromatic carbocycles. The third-order valence-electron chi connectivity index (χ3n) is 4.96. The van der Waals surface area contributed by atoms with Crippen molar-refractivity contribution in [3.05, 3.63) is 0 Å². The van der Waals surface area contributed by atoms with Gasteiger partial charge in [-0.3, -0.25) is 4.79 Å². The molecule has 0 unspecified atom stereocenters. The van der Waals surface area contributed by atoms with Gasteiger partial charge in [-0.15, -0.1) is 0 Å². The lowest BCUT2D eigenvalue weighted by Crippen LogP contribution is -2.42. The van der Waals surface area contributed by atoms with Crippen LogP contribution in [-0.2, 0) is 9.53 Å². The SMILES string of the molecule is CCN1CC[C@@H](C(=O)N2CCC(CCCOC)CC2)C1. The van der Waals surface area contributed by atoms with Gasteiger partial charge in [0.05, 0.1) is 5.92 Å². The van der Waals surface area contributed by atoms with Crippen LogP contribution in [0.3, 0.4) is 0 Å². The highest BCUT2D eigenvalue weighted by Gasteiger charge is 2.32. The van der Waals surface area contributed by atoms with Crippen molar-refractivity contribution in [3.8, 4) is 0 Å². The van der Waals surface area contributed by atoms with Gasteiger partial charge in [0.25, 0.3) is 0 Å². The second kappa shape index (κ2) is 7.99. The van der Waals surface area contributed by atoms with Crippen LogP contribution < -0.4 is 0 Å². The fraction of sp³-hybridized carbons (Fsp3) is 0.938. The minimum Gasteiger partial charge on any atom is -0.385 e. The quantitative estimate of drug-likeness (QED) is 0.699. The smallest absolute Gasteiger partial charge is 0.227 e. The molecule has 0 aromatic heterocycles. The van der Waals surface area contributed by atoms with Crippen molar-refractivity contribution in [1.29, 1.82) is 0 Å². The molecule has 2 saturated heterocycles. The summed E-state index contributed by atoms with van der Waals surface area (Å²) in [5.74, 6) is 1.47. The molecule has 0 N–H and O–H groups in total. The van der Waals surface area contributed by atoms with Crippen LogP contribution in [0.1, 0.15) is 39.0 Å². The fourth-order valence-electron chi connectivity index (χ4n) is 3.54. The first-order valence-corrected chi connectivity index (χ1v) is 8.24. The predicted octanol–water partition coefficient (Wildman–Crippen LogP) is 1.99. The highest BCUT2D eigenvalue weighted by atomic mass is 16.5. The molecule has 0 radical (unpaired) electrons. The van der Waals surface area contributed by atoms with E-state index in [0.717, 1.165) is 58.1 Å². The van der Waals surface area contributed by atoms with E-state index in [4.69, 9.17) is 4.74 Å². The maximum absolute atomic E-state index is 12.5. The number of hydrogen-bond acceptors (Lipinski definition) is 3. The second-order valence-corrected chi connectivity index (χ2v) is 6.28. The largest absolute Gasteiger partial charge is 0.385 e. The van der Waals surface area contributed by atoms with Crippen LogP contribution in [0, 0.1) is 11.8 Å². The number of piperidine rings is 1. The number of likely N-dealkylation sites (tertiary alicyclic amines) is 2. The number of methoxy groups -OCH3 is 1. The molecule has 0 bridgehead atoms. The molecule has 1 amide bonds. The van der Waals surface area contributed by atoms with E-state index >= 15 is 0 Å². The molecule has 0 spiro atoms. The molecule has 1 atom stereocenters. The second-order valence-electron chi connectivity index (χ2n) is 6.28. The number of rotatable bonds is 6. The van der Waals surface area contributed by atoms with E-state index in [-0.39, 0.29) is 5.92 Å². The summed E-state index contributed by atoms with van der Waals surface area (Å²) in [5, 5.41) is 0. The van der Waals surface area contributed by atoms with Crippen LogP contribution in [0.5, 0.6) is 0 Å². The Bertz CT molecular complexity index is 301. The average Bonchev–Trinajstić information content (AvgIpc) is 2.96. The summed E-state index contributed by atoms with van der Waals surface area (Å²) in [6, 6.07) is 0. The normalized spacial score (nSPS) is 25.3. The van der Waals surface area contributed by atoms with Gasteiger partial charge in [-0.1, -0.05) is 6.92 Å². The minimum atomic E-state index is 0.264. The van der Waals surface area contributed by atoms with Crippen LogP contribution in [0.15, 0.2) is 0 Å². The Balaban J connectivity index is 1.69. The highest BCUT2D eigenvalue weighted by molar-refractivity contribution is 5.79. The first kappa shape index (κ1) is 15.8. The molecule has 20 heavy (non-hydrogen) atoms. The maximum Gasteiger partial charge on any atom is 0.227 e. The molecule has 2 fully saturated rings. The van der Waals surface area contributed by atoms with Gasteiger partial charge in [0.1, 0.15) is 0 Å². The third-order valence-corrected chi connectivity index (χ3v) is 4.96. The summed E-state index contributed by atoms with van der Waals surface area (Å²) in [4.78, 5) is 17.0. The molecular weight excluding hydrogens is 252 g/mol. The topological polar surface area (TPSA) is 32.8 Å². The number of nitrogens with zero attached hydrogens (tertiary/aromatic N) is 2. The minimum absolute atomic E-state index is 0.264. The summed E-state index contributed by atoms with van der Waals surface area (Å²) < 4.78 is 5.11. The number of carbonyl (C=O) groups excluding carboxylic acids is 1. The Morgan fingerprint density at radius 3 is 2.55 bits per heavy atom. The van der Waals surface area contributed by atoms with Gasteiger partial charge >= 0.3 is 0 Å². The Morgan fingerprint density at radius 2 is 1.95 bits per heavy atom. The summed E-state index contributed by atoms with van der Waals surface area (Å²) in [6.45, 7) is 8.14. The summed E-state index contributed by atoms with van der Waals surface area (Å²) >= 11 is 0. The zero-order valence-electron chi connectivity index (χ0n) is 13.1. The van der Waals surface area contributed by atoms with E-state index in [1.54, 1.807) is 7.11 Å². The molecule has 4 nitrogen and oxygen atoms in total. The predicted molar refractivity (Wildman–Crippen MR) is 80.6 cm³/mol. The van der Waals surface area contributed by atoms with E-state index in [0.29, 0.717) is 5.91 Å². The van der Waals surface area contributed by atoms with Crippen molar-refractivity contribution in [1.82, 2.24) is 9.80 Å². The number of hydrogen-bond donors (Lipinski definition) is 0. The Morgan fingerprint density at radius 1 is 1.20 bits per heavy atom. The van der Waals surface area contributed by atoms with Gasteiger partial charge in [0, 0.05) is 33.4 Å². The molecule has 2 rings (SSSR count). The van der Waals surface area contributed by atoms with Crippen molar-refractivity contribution >= 4 is 5.91 Å². The first-order valence-electron chi connectivity index (χ1n) is 8.24. The van der Waals surface area contributed by atoms with Crippen molar-refractivity contribution in [3.63, 3.8) is 0 Å². The van der Waals surface area contributed by atoms with E-state index in [2.05, 4.69) is 16.7 Å². The molecule has 0 aliphatic carbocycles. The van der Waals surface area contributed by atoms with E-state index in [1.165, 1.54) is 19.3 Å². The molecule has 2 heterocycles. The third kappa shape index (κ3) is 4.19. The Labute approximate surface area is 123 Å². The van der Waals surface area contributed by atoms with Crippen LogP contribution in [0.2, 0.25) is 0 Å². The summed E-state index contributed by atoms with van der Waals surface area (Å²) in [5.41, 5.74) is 0. The van der Waals surface area contributed by atoms with Gasteiger partial charge < -0.3 is 14.5 Å². The Hall–Kier alpha value is -0.610. The van der Waals surface area contributed by atoms with Gasteiger partial charge in [0.15, 0.2) is 0 Å². The Kier molecular flexibility index (Phi) is 6.30. The molecule has 4 heteroatoms. The lowest BCUT2D eigenvalue weighted by atomic mass is 9.91. The number of ether oxygens (including phenoxy) is 1. The molecular formula is C16H30N2O2. The lowest BCUT2D eigenvalue weighted by molar-refractivity contribution is -0.136. The van der Waals surface area contributed by atoms with Crippen molar-refractivity contribution < 1.29 is 9.53 Å². The van der Waals surface area contributed by atoms with Crippen LogP contribution in [0.25, 0.3) is 0 Å². The van der Waals surface area contributed by atoms with Crippen molar-refractivity contribution in [2.24, 2.45) is 11.8 Å². The monoisotopic (exact) mass is 282 g/mol. The summed E-state index contributed by atoms with van der Waals surface area (Å²) in [6.07, 6.45) is 5.83. The van der Waals surface area contributed by atoms with Gasteiger partial charge in [0.2, 0.25) is 5.91 Å². The highest BCUT2D eigenvalue weighted by Crippen LogP contribution is 2.25. The van der Waals surface area contributed by atoms with E-state index < -0.39 is 0 Å². The van der Waals surface area contributed by atoms with Crippen LogP contribution in [0.4, 0.5) is 0 Å². The number of carbonyl (C=O) groups is 1. The van der Waals surface area contributed by atoms with Gasteiger partial charge in [-0.2, -0.15) is 0 Å². The van der Waals surface area contributed by atoms with Crippen LogP contribution in [-0.4, -0.2) is 62.1 Å². The van der Waals surface area contributed by atoms with Crippen molar-refractivity contribution in [2.75, 3.05) is 46.4 Å². The fourth-order valence-corrected chi connectivity index (χ4v) is 3.54. The number of amides is 1. The van der Waals surface area contributed by atoms with Crippen LogP contribution >= 0.6 is 0 Å². The maximum atomic E-state index is 12.5. The van der Waals surface area contributed by atoms with Gasteiger partial charge in [-0.25, -0.2) is 0 Å². The van der Waals surface area contributed by atoms with Gasteiger partial charge in [-0.05, 0) is 51.1 Å². The zero-order valence-corrected chi connectivity index (χ0v) is 13.1. The lowest BCUT2D eigenvalue weighted by Gasteiger charge is -2.33. The standard InChI is InChI=1S/C16H30N2O2/c1-3-17-9-8-15(13-17)16(19)18-10-6-14(7-11-18)5-4-12-20-2/h14-15H,3-13H2,1-2H3/t15-/m1/s1. The van der Waals surface area contributed by atoms with E-state index in [9.17, 15) is 4.79 Å². The van der Waals surface area contributed by atoms with E-state index in [1.807, 2.05) is 0 Å². The molecule has 0 aromatic rings. The van der Waals surface area contributed by atoms with Crippen molar-refractivity contribution in [2.45, 2.75) is 39.0 Å². The molecule has 2 aliphatic rings.